The lowest BCUT2D eigenvalue weighted by Crippen LogP contribution is -2.48. The van der Waals surface area contributed by atoms with Gasteiger partial charge in [-0.1, -0.05) is 0 Å². The highest BCUT2D eigenvalue weighted by atomic mass is 32.2. The quantitative estimate of drug-likeness (QED) is 0.523. The second-order valence-corrected chi connectivity index (χ2v) is 8.96. The highest BCUT2D eigenvalue weighted by Gasteiger charge is 2.21. The molecule has 3 aromatic rings. The third kappa shape index (κ3) is 5.44. The Morgan fingerprint density at radius 3 is 2.27 bits per heavy atom. The summed E-state index contributed by atoms with van der Waals surface area (Å²) in [5, 5.41) is 2.92. The molecule has 1 saturated heterocycles. The summed E-state index contributed by atoms with van der Waals surface area (Å²) >= 11 is 2.99. The number of thioether (sulfide) groups is 1. The fourth-order valence-electron chi connectivity index (χ4n) is 3.26. The number of rotatable bonds is 6. The molecule has 1 aromatic heterocycles. The molecule has 0 N–H and O–H groups in total. The molecule has 0 spiro atoms. The molecule has 2 aromatic carbocycles. The van der Waals surface area contributed by atoms with Crippen molar-refractivity contribution < 1.29 is 13.6 Å². The van der Waals surface area contributed by atoms with E-state index in [9.17, 15) is 13.6 Å². The maximum atomic E-state index is 13.1. The summed E-state index contributed by atoms with van der Waals surface area (Å²) in [7, 11) is 0. The second kappa shape index (κ2) is 9.68. The van der Waals surface area contributed by atoms with Gasteiger partial charge in [0.1, 0.15) is 16.6 Å². The van der Waals surface area contributed by atoms with Crippen LogP contribution in [0.4, 0.5) is 8.78 Å². The summed E-state index contributed by atoms with van der Waals surface area (Å²) in [5.74, 6) is -0.0550. The Hall–Kier alpha value is -2.29. The minimum Gasteiger partial charge on any atom is -0.339 e. The van der Waals surface area contributed by atoms with Crippen LogP contribution in [0.5, 0.6) is 0 Å². The number of amides is 1. The highest BCUT2D eigenvalue weighted by Crippen LogP contribution is 2.25. The first-order valence-electron chi connectivity index (χ1n) is 9.66. The monoisotopic (exact) mass is 445 g/mol. The van der Waals surface area contributed by atoms with Crippen molar-refractivity contribution in [3.8, 4) is 10.6 Å². The normalized spacial score (nSPS) is 14.8. The van der Waals surface area contributed by atoms with Gasteiger partial charge in [0.2, 0.25) is 5.91 Å². The van der Waals surface area contributed by atoms with E-state index in [-0.39, 0.29) is 17.5 Å². The first kappa shape index (κ1) is 21.0. The summed E-state index contributed by atoms with van der Waals surface area (Å²) < 4.78 is 26.1. The van der Waals surface area contributed by atoms with Crippen LogP contribution in [-0.2, 0) is 11.3 Å². The number of piperazine rings is 1. The largest absolute Gasteiger partial charge is 0.339 e. The van der Waals surface area contributed by atoms with Crippen LogP contribution in [0.1, 0.15) is 5.69 Å². The molecule has 0 bridgehead atoms. The van der Waals surface area contributed by atoms with E-state index in [4.69, 9.17) is 0 Å². The average Bonchev–Trinajstić information content (AvgIpc) is 3.22. The van der Waals surface area contributed by atoms with Crippen LogP contribution >= 0.6 is 23.1 Å². The second-order valence-electron chi connectivity index (χ2n) is 7.05. The summed E-state index contributed by atoms with van der Waals surface area (Å²) in [4.78, 5) is 22.2. The van der Waals surface area contributed by atoms with Gasteiger partial charge in [-0.15, -0.1) is 23.1 Å². The maximum Gasteiger partial charge on any atom is 0.233 e. The van der Waals surface area contributed by atoms with Gasteiger partial charge in [0.15, 0.2) is 0 Å². The highest BCUT2D eigenvalue weighted by molar-refractivity contribution is 8.00. The van der Waals surface area contributed by atoms with Gasteiger partial charge in [-0.3, -0.25) is 9.69 Å². The molecule has 4 nitrogen and oxygen atoms in total. The molecule has 1 amide bonds. The molecule has 0 radical (unpaired) electrons. The molecule has 1 aliphatic heterocycles. The Kier molecular flexibility index (Phi) is 6.76. The third-order valence-corrected chi connectivity index (χ3v) is 6.87. The predicted octanol–water partition coefficient (Wildman–Crippen LogP) is 4.52. The number of aromatic nitrogens is 1. The van der Waals surface area contributed by atoms with Gasteiger partial charge in [-0.25, -0.2) is 13.8 Å². The fourth-order valence-corrected chi connectivity index (χ4v) is 4.87. The van der Waals surface area contributed by atoms with Crippen molar-refractivity contribution in [3.05, 3.63) is 71.2 Å². The van der Waals surface area contributed by atoms with Crippen molar-refractivity contribution >= 4 is 29.0 Å². The van der Waals surface area contributed by atoms with E-state index in [1.165, 1.54) is 36.0 Å². The Balaban J connectivity index is 1.24. The molecule has 0 unspecified atom stereocenters. The molecule has 0 atom stereocenters. The first-order chi connectivity index (χ1) is 14.6. The molecule has 0 aliphatic carbocycles. The lowest BCUT2D eigenvalue weighted by Gasteiger charge is -2.34. The Morgan fingerprint density at radius 1 is 0.967 bits per heavy atom. The van der Waals surface area contributed by atoms with Gasteiger partial charge in [0.05, 0.1) is 11.4 Å². The number of hydrogen-bond donors (Lipinski definition) is 0. The predicted molar refractivity (Wildman–Crippen MR) is 116 cm³/mol. The first-order valence-corrected chi connectivity index (χ1v) is 11.5. The Bertz CT molecular complexity index is 984. The Labute approximate surface area is 182 Å². The standard InChI is InChI=1S/C22H21F2N3OS2/c23-17-3-1-16(2-4-17)22-25-19(14-30-22)13-26-9-11-27(12-10-26)21(28)15-29-20-7-5-18(24)6-8-20/h1-8,14H,9-13,15H2. The van der Waals surface area contributed by atoms with E-state index in [0.29, 0.717) is 18.8 Å². The number of benzene rings is 2. The van der Waals surface area contributed by atoms with Crippen LogP contribution in [0.2, 0.25) is 0 Å². The van der Waals surface area contributed by atoms with Crippen LogP contribution < -0.4 is 0 Å². The van der Waals surface area contributed by atoms with Gasteiger partial charge in [-0.05, 0) is 48.5 Å². The number of halogens is 2. The third-order valence-electron chi connectivity index (χ3n) is 4.93. The van der Waals surface area contributed by atoms with E-state index in [1.54, 1.807) is 35.6 Å². The zero-order valence-electron chi connectivity index (χ0n) is 16.3. The van der Waals surface area contributed by atoms with Gasteiger partial charge in [0.25, 0.3) is 0 Å². The zero-order chi connectivity index (χ0) is 20.9. The number of thiazole rings is 1. The van der Waals surface area contributed by atoms with E-state index in [1.807, 2.05) is 10.3 Å². The molecule has 2 heterocycles. The molecule has 30 heavy (non-hydrogen) atoms. The van der Waals surface area contributed by atoms with Crippen LogP contribution in [0.3, 0.4) is 0 Å². The van der Waals surface area contributed by atoms with E-state index in [0.717, 1.165) is 40.8 Å². The van der Waals surface area contributed by atoms with Crippen LogP contribution in [-0.4, -0.2) is 52.6 Å². The van der Waals surface area contributed by atoms with Gasteiger partial charge in [-0.2, -0.15) is 0 Å². The number of hydrogen-bond acceptors (Lipinski definition) is 5. The average molecular weight is 446 g/mol. The number of carbonyl (C=O) groups is 1. The van der Waals surface area contributed by atoms with Crippen molar-refractivity contribution in [2.45, 2.75) is 11.4 Å². The molecular formula is C22H21F2N3OS2. The fraction of sp³-hybridized carbons (Fsp3) is 0.273. The summed E-state index contributed by atoms with van der Waals surface area (Å²) in [6.07, 6.45) is 0. The van der Waals surface area contributed by atoms with Crippen LogP contribution in [0.25, 0.3) is 10.6 Å². The van der Waals surface area contributed by atoms with Crippen molar-refractivity contribution in [1.29, 1.82) is 0 Å². The van der Waals surface area contributed by atoms with E-state index < -0.39 is 0 Å². The maximum absolute atomic E-state index is 13.1. The summed E-state index contributed by atoms with van der Waals surface area (Å²) in [6, 6.07) is 12.6. The van der Waals surface area contributed by atoms with Crippen LogP contribution in [0, 0.1) is 11.6 Å². The molecule has 1 fully saturated rings. The smallest absolute Gasteiger partial charge is 0.233 e. The zero-order valence-corrected chi connectivity index (χ0v) is 17.9. The minimum absolute atomic E-state index is 0.108. The number of nitrogens with zero attached hydrogens (tertiary/aromatic N) is 3. The molecular weight excluding hydrogens is 424 g/mol. The Morgan fingerprint density at radius 2 is 1.60 bits per heavy atom. The topological polar surface area (TPSA) is 36.4 Å². The van der Waals surface area contributed by atoms with Gasteiger partial charge < -0.3 is 4.90 Å². The lowest BCUT2D eigenvalue weighted by molar-refractivity contribution is -0.130. The molecule has 156 valence electrons. The van der Waals surface area contributed by atoms with Crippen molar-refractivity contribution in [1.82, 2.24) is 14.8 Å². The van der Waals surface area contributed by atoms with E-state index >= 15 is 0 Å². The molecule has 0 saturated carbocycles. The molecule has 1 aliphatic rings. The van der Waals surface area contributed by atoms with Crippen LogP contribution in [0.15, 0.2) is 58.8 Å². The van der Waals surface area contributed by atoms with Gasteiger partial charge in [0, 0.05) is 48.6 Å². The van der Waals surface area contributed by atoms with Crippen molar-refractivity contribution in [2.24, 2.45) is 0 Å². The molecule has 8 heteroatoms. The molecule has 4 rings (SSSR count). The van der Waals surface area contributed by atoms with Crippen molar-refractivity contribution in [3.63, 3.8) is 0 Å². The summed E-state index contributed by atoms with van der Waals surface area (Å²) in [6.45, 7) is 3.73. The van der Waals surface area contributed by atoms with Gasteiger partial charge >= 0.3 is 0 Å². The SMILES string of the molecule is O=C(CSc1ccc(F)cc1)N1CCN(Cc2csc(-c3ccc(F)cc3)n2)CC1. The van der Waals surface area contributed by atoms with Crippen molar-refractivity contribution in [2.75, 3.05) is 31.9 Å². The minimum atomic E-state index is -0.272. The summed E-state index contributed by atoms with van der Waals surface area (Å²) in [5.41, 5.74) is 1.91. The van der Waals surface area contributed by atoms with E-state index in [2.05, 4.69) is 9.88 Å². The number of carbonyl (C=O) groups excluding carboxylic acids is 1. The lowest BCUT2D eigenvalue weighted by atomic mass is 10.2.